The number of amides is 2. The first-order chi connectivity index (χ1) is 10.1. The third-order valence-corrected chi connectivity index (χ3v) is 5.07. The predicted octanol–water partition coefficient (Wildman–Crippen LogP) is 3.10. The van der Waals surface area contributed by atoms with Crippen molar-refractivity contribution in [1.82, 2.24) is 10.2 Å². The van der Waals surface area contributed by atoms with E-state index < -0.39 is 0 Å². The summed E-state index contributed by atoms with van der Waals surface area (Å²) < 4.78 is 0. The minimum Gasteiger partial charge on any atom is -0.298 e. The molecule has 21 heavy (non-hydrogen) atoms. The molecule has 3 atom stereocenters. The van der Waals surface area contributed by atoms with Gasteiger partial charge in [-0.05, 0) is 31.2 Å². The molecule has 1 saturated heterocycles. The van der Waals surface area contributed by atoms with E-state index in [1.807, 2.05) is 25.3 Å². The molecular weight excluding hydrogens is 284 g/mol. The van der Waals surface area contributed by atoms with Gasteiger partial charge in [-0.3, -0.25) is 19.8 Å². The highest BCUT2D eigenvalue weighted by molar-refractivity contribution is 7.10. The maximum Gasteiger partial charge on any atom is 0.247 e. The molecule has 2 amide bonds. The Morgan fingerprint density at radius 1 is 1.43 bits per heavy atom. The van der Waals surface area contributed by atoms with Gasteiger partial charge in [0.1, 0.15) is 0 Å². The monoisotopic (exact) mass is 308 g/mol. The van der Waals surface area contributed by atoms with Gasteiger partial charge in [-0.25, -0.2) is 0 Å². The first kappa shape index (κ1) is 16.2. The van der Waals surface area contributed by atoms with Gasteiger partial charge in [-0.15, -0.1) is 11.3 Å². The van der Waals surface area contributed by atoms with Crippen molar-refractivity contribution in [3.63, 3.8) is 0 Å². The van der Waals surface area contributed by atoms with Crippen LogP contribution in [0.2, 0.25) is 0 Å². The summed E-state index contributed by atoms with van der Waals surface area (Å²) in [5.41, 5.74) is 0. The van der Waals surface area contributed by atoms with Crippen LogP contribution in [0.15, 0.2) is 17.5 Å². The van der Waals surface area contributed by atoms with E-state index in [1.54, 1.807) is 11.3 Å². The smallest absolute Gasteiger partial charge is 0.247 e. The molecule has 1 fully saturated rings. The van der Waals surface area contributed by atoms with Crippen LogP contribution in [0.4, 0.5) is 0 Å². The third kappa shape index (κ3) is 3.52. The molecule has 4 nitrogen and oxygen atoms in total. The highest BCUT2D eigenvalue weighted by Crippen LogP contribution is 2.26. The van der Waals surface area contributed by atoms with Crippen LogP contribution >= 0.6 is 11.3 Å². The van der Waals surface area contributed by atoms with Crippen LogP contribution in [0, 0.1) is 0 Å². The van der Waals surface area contributed by atoms with Crippen LogP contribution < -0.4 is 5.32 Å². The van der Waals surface area contributed by atoms with Crippen LogP contribution in [-0.2, 0) is 9.59 Å². The SMILES string of the molecule is CCCC(NC1CC(=O)N(C(C)CC)C1=O)c1cccs1. The minimum atomic E-state index is -0.370. The Morgan fingerprint density at radius 3 is 2.76 bits per heavy atom. The topological polar surface area (TPSA) is 49.4 Å². The van der Waals surface area contributed by atoms with Gasteiger partial charge in [0, 0.05) is 17.0 Å². The summed E-state index contributed by atoms with van der Waals surface area (Å²) in [6.45, 7) is 6.06. The second-order valence-corrected chi connectivity index (χ2v) is 6.62. The van der Waals surface area contributed by atoms with Crippen molar-refractivity contribution in [2.24, 2.45) is 0 Å². The maximum atomic E-state index is 12.5. The van der Waals surface area contributed by atoms with Crippen molar-refractivity contribution in [2.45, 2.75) is 64.6 Å². The van der Waals surface area contributed by atoms with Gasteiger partial charge in [0.25, 0.3) is 0 Å². The molecule has 3 unspecified atom stereocenters. The molecule has 2 rings (SSSR count). The van der Waals surface area contributed by atoms with Gasteiger partial charge < -0.3 is 0 Å². The molecule has 0 aromatic carbocycles. The number of hydrogen-bond donors (Lipinski definition) is 1. The highest BCUT2D eigenvalue weighted by atomic mass is 32.1. The number of rotatable bonds is 7. The first-order valence-corrected chi connectivity index (χ1v) is 8.61. The fraction of sp³-hybridized carbons (Fsp3) is 0.625. The molecule has 0 aliphatic carbocycles. The van der Waals surface area contributed by atoms with Gasteiger partial charge in [-0.2, -0.15) is 0 Å². The molecule has 1 N–H and O–H groups in total. The van der Waals surface area contributed by atoms with E-state index in [4.69, 9.17) is 0 Å². The largest absolute Gasteiger partial charge is 0.298 e. The number of nitrogens with one attached hydrogen (secondary N) is 1. The Morgan fingerprint density at radius 2 is 2.19 bits per heavy atom. The lowest BCUT2D eigenvalue weighted by atomic mass is 10.1. The van der Waals surface area contributed by atoms with Gasteiger partial charge in [-0.1, -0.05) is 26.3 Å². The molecule has 0 spiro atoms. The molecule has 116 valence electrons. The third-order valence-electron chi connectivity index (χ3n) is 4.08. The lowest BCUT2D eigenvalue weighted by Crippen LogP contribution is -2.43. The fourth-order valence-electron chi connectivity index (χ4n) is 2.76. The predicted molar refractivity (Wildman–Crippen MR) is 85.1 cm³/mol. The number of nitrogens with zero attached hydrogens (tertiary/aromatic N) is 1. The lowest BCUT2D eigenvalue weighted by Gasteiger charge is -2.23. The number of carbonyl (C=O) groups is 2. The quantitative estimate of drug-likeness (QED) is 0.787. The maximum absolute atomic E-state index is 12.5. The van der Waals surface area contributed by atoms with Crippen molar-refractivity contribution in [2.75, 3.05) is 0 Å². The van der Waals surface area contributed by atoms with Gasteiger partial charge in [0.15, 0.2) is 0 Å². The fourth-order valence-corrected chi connectivity index (χ4v) is 3.58. The van der Waals surface area contributed by atoms with Crippen LogP contribution in [0.25, 0.3) is 0 Å². The summed E-state index contributed by atoms with van der Waals surface area (Å²) in [5, 5.41) is 5.46. The Hall–Kier alpha value is -1.20. The number of likely N-dealkylation sites (tertiary alicyclic amines) is 1. The zero-order valence-corrected chi connectivity index (χ0v) is 13.8. The van der Waals surface area contributed by atoms with Crippen LogP contribution in [0.1, 0.15) is 57.4 Å². The number of carbonyl (C=O) groups excluding carboxylic acids is 2. The molecule has 0 saturated carbocycles. The Kier molecular flexibility index (Phi) is 5.53. The molecule has 1 aromatic heterocycles. The second kappa shape index (κ2) is 7.18. The average molecular weight is 308 g/mol. The van der Waals surface area contributed by atoms with Crippen LogP contribution in [0.5, 0.6) is 0 Å². The van der Waals surface area contributed by atoms with E-state index in [1.165, 1.54) is 9.78 Å². The zero-order chi connectivity index (χ0) is 15.4. The van der Waals surface area contributed by atoms with E-state index in [9.17, 15) is 9.59 Å². The number of thiophene rings is 1. The second-order valence-electron chi connectivity index (χ2n) is 5.64. The molecule has 0 radical (unpaired) electrons. The summed E-state index contributed by atoms with van der Waals surface area (Å²) in [7, 11) is 0. The van der Waals surface area contributed by atoms with Crippen molar-refractivity contribution in [3.05, 3.63) is 22.4 Å². The summed E-state index contributed by atoms with van der Waals surface area (Å²) in [4.78, 5) is 27.2. The molecule has 5 heteroatoms. The first-order valence-electron chi connectivity index (χ1n) is 7.73. The number of imide groups is 1. The summed E-state index contributed by atoms with van der Waals surface area (Å²) in [6, 6.07) is 3.89. The van der Waals surface area contributed by atoms with Crippen molar-refractivity contribution in [1.29, 1.82) is 0 Å². The summed E-state index contributed by atoms with van der Waals surface area (Å²) in [6.07, 6.45) is 3.10. The van der Waals surface area contributed by atoms with Gasteiger partial charge in [0.2, 0.25) is 11.8 Å². The number of hydrogen-bond acceptors (Lipinski definition) is 4. The van der Waals surface area contributed by atoms with Crippen molar-refractivity contribution < 1.29 is 9.59 Å². The highest BCUT2D eigenvalue weighted by Gasteiger charge is 2.41. The molecule has 1 aromatic rings. The molecule has 2 heterocycles. The van der Waals surface area contributed by atoms with Crippen LogP contribution in [-0.4, -0.2) is 28.8 Å². The minimum absolute atomic E-state index is 0.0110. The van der Waals surface area contributed by atoms with E-state index >= 15 is 0 Å². The summed E-state index contributed by atoms with van der Waals surface area (Å²) >= 11 is 1.70. The average Bonchev–Trinajstić information content (AvgIpc) is 3.07. The van der Waals surface area contributed by atoms with Gasteiger partial charge in [0.05, 0.1) is 12.5 Å². The normalized spacial score (nSPS) is 21.9. The van der Waals surface area contributed by atoms with E-state index in [0.29, 0.717) is 0 Å². The molecular formula is C16H24N2O2S. The van der Waals surface area contributed by atoms with Crippen LogP contribution in [0.3, 0.4) is 0 Å². The lowest BCUT2D eigenvalue weighted by molar-refractivity contribution is -0.141. The standard InChI is InChI=1S/C16H24N2O2S/c1-4-7-12(14-8-6-9-21-14)17-13-10-15(19)18(16(13)20)11(3)5-2/h6,8-9,11-13,17H,4-5,7,10H2,1-3H3. The molecule has 0 bridgehead atoms. The Bertz CT molecular complexity index is 486. The van der Waals surface area contributed by atoms with E-state index in [0.717, 1.165) is 19.3 Å². The van der Waals surface area contributed by atoms with E-state index in [-0.39, 0.29) is 36.4 Å². The van der Waals surface area contributed by atoms with Gasteiger partial charge >= 0.3 is 0 Å². The Labute approximate surface area is 130 Å². The van der Waals surface area contributed by atoms with E-state index in [2.05, 4.69) is 18.3 Å². The summed E-state index contributed by atoms with van der Waals surface area (Å²) in [5.74, 6) is -0.111. The molecule has 1 aliphatic heterocycles. The Balaban J connectivity index is 2.08. The zero-order valence-electron chi connectivity index (χ0n) is 13.0. The molecule has 1 aliphatic rings. The van der Waals surface area contributed by atoms with Crippen molar-refractivity contribution >= 4 is 23.2 Å². The van der Waals surface area contributed by atoms with Crippen molar-refractivity contribution in [3.8, 4) is 0 Å².